The maximum atomic E-state index is 11.9. The fraction of sp³-hybridized carbons (Fsp3) is 0.286. The molecule has 0 aliphatic carbocycles. The molecule has 0 saturated carbocycles. The number of hydrogen-bond acceptors (Lipinski definition) is 4. The molecule has 1 heterocycles. The topological polar surface area (TPSA) is 51.2 Å². The van der Waals surface area contributed by atoms with Gasteiger partial charge in [-0.3, -0.25) is 4.79 Å². The van der Waals surface area contributed by atoms with E-state index in [2.05, 4.69) is 26.2 Å². The smallest absolute Gasteiger partial charge is 0.261 e. The van der Waals surface area contributed by atoms with Gasteiger partial charge in [0.25, 0.3) is 5.91 Å². The lowest BCUT2D eigenvalue weighted by Gasteiger charge is -2.14. The molecule has 1 atom stereocenters. The zero-order chi connectivity index (χ0) is 14.5. The van der Waals surface area contributed by atoms with Crippen molar-refractivity contribution in [2.24, 2.45) is 0 Å². The van der Waals surface area contributed by atoms with Crippen LogP contribution in [0.4, 0.5) is 0 Å². The Hall–Kier alpha value is -1.40. The summed E-state index contributed by atoms with van der Waals surface area (Å²) in [5.41, 5.74) is 0. The van der Waals surface area contributed by atoms with Crippen LogP contribution in [0, 0.1) is 6.92 Å². The molecule has 2 aromatic rings. The van der Waals surface area contributed by atoms with E-state index in [1.54, 1.807) is 24.5 Å². The van der Waals surface area contributed by atoms with Crippen LogP contribution in [-0.4, -0.2) is 17.0 Å². The molecule has 1 unspecified atom stereocenters. The van der Waals surface area contributed by atoms with Gasteiger partial charge in [-0.25, -0.2) is 4.98 Å². The highest BCUT2D eigenvalue weighted by atomic mass is 79.9. The second kappa shape index (κ2) is 6.85. The Morgan fingerprint density at radius 2 is 2.15 bits per heavy atom. The number of aryl methyl sites for hydroxylation is 1. The lowest BCUT2D eigenvalue weighted by Crippen LogP contribution is -2.35. The first-order valence-electron chi connectivity index (χ1n) is 6.16. The summed E-state index contributed by atoms with van der Waals surface area (Å²) in [5.74, 6) is 0.531. The summed E-state index contributed by atoms with van der Waals surface area (Å²) in [6.07, 6.45) is 1.24. The third kappa shape index (κ3) is 4.31. The molecule has 6 heteroatoms. The number of benzene rings is 1. The fourth-order valence-corrected chi connectivity index (χ4v) is 2.57. The molecule has 0 bridgehead atoms. The van der Waals surface area contributed by atoms with Crippen LogP contribution < -0.4 is 10.1 Å². The first-order chi connectivity index (χ1) is 9.54. The largest absolute Gasteiger partial charge is 0.481 e. The van der Waals surface area contributed by atoms with Crippen LogP contribution in [-0.2, 0) is 11.3 Å². The summed E-state index contributed by atoms with van der Waals surface area (Å²) in [5, 5.41) is 3.83. The normalized spacial score (nSPS) is 11.9. The van der Waals surface area contributed by atoms with Gasteiger partial charge < -0.3 is 10.1 Å². The molecule has 1 aromatic carbocycles. The fourth-order valence-electron chi connectivity index (χ4n) is 1.58. The molecule has 1 N–H and O–H groups in total. The van der Waals surface area contributed by atoms with Gasteiger partial charge in [-0.1, -0.05) is 15.9 Å². The first-order valence-corrected chi connectivity index (χ1v) is 7.77. The van der Waals surface area contributed by atoms with Crippen LogP contribution in [0.5, 0.6) is 5.75 Å². The average molecular weight is 355 g/mol. The van der Waals surface area contributed by atoms with Crippen molar-refractivity contribution in [1.82, 2.24) is 10.3 Å². The lowest BCUT2D eigenvalue weighted by atomic mass is 10.3. The van der Waals surface area contributed by atoms with Gasteiger partial charge >= 0.3 is 0 Å². The van der Waals surface area contributed by atoms with E-state index >= 15 is 0 Å². The molecule has 20 heavy (non-hydrogen) atoms. The second-order valence-electron chi connectivity index (χ2n) is 4.28. The van der Waals surface area contributed by atoms with Gasteiger partial charge in [0.05, 0.1) is 11.6 Å². The summed E-state index contributed by atoms with van der Waals surface area (Å²) >= 11 is 4.93. The molecule has 0 saturated heterocycles. The number of carbonyl (C=O) groups excluding carboxylic acids is 1. The molecule has 4 nitrogen and oxygen atoms in total. The average Bonchev–Trinajstić information content (AvgIpc) is 2.84. The van der Waals surface area contributed by atoms with E-state index in [1.807, 2.05) is 31.2 Å². The SMILES string of the molecule is Cc1ncc(CNC(=O)C(C)Oc2ccc(Br)cc2)s1. The van der Waals surface area contributed by atoms with Crippen molar-refractivity contribution >= 4 is 33.2 Å². The number of amides is 1. The van der Waals surface area contributed by atoms with Crippen molar-refractivity contribution in [3.8, 4) is 5.75 Å². The monoisotopic (exact) mass is 354 g/mol. The number of carbonyl (C=O) groups is 1. The molecule has 0 spiro atoms. The Morgan fingerprint density at radius 3 is 2.75 bits per heavy atom. The molecule has 1 aromatic heterocycles. The lowest BCUT2D eigenvalue weighted by molar-refractivity contribution is -0.127. The van der Waals surface area contributed by atoms with Gasteiger partial charge in [-0.2, -0.15) is 0 Å². The van der Waals surface area contributed by atoms with Crippen molar-refractivity contribution in [2.45, 2.75) is 26.5 Å². The Balaban J connectivity index is 1.84. The first kappa shape index (κ1) is 15.0. The maximum Gasteiger partial charge on any atom is 0.261 e. The van der Waals surface area contributed by atoms with E-state index < -0.39 is 6.10 Å². The Morgan fingerprint density at radius 1 is 1.45 bits per heavy atom. The van der Waals surface area contributed by atoms with Gasteiger partial charge in [0.2, 0.25) is 0 Å². The van der Waals surface area contributed by atoms with Crippen LogP contribution in [0.3, 0.4) is 0 Å². The van der Waals surface area contributed by atoms with Crippen LogP contribution in [0.1, 0.15) is 16.8 Å². The molecule has 0 radical (unpaired) electrons. The number of ether oxygens (including phenoxy) is 1. The minimum Gasteiger partial charge on any atom is -0.481 e. The van der Waals surface area contributed by atoms with Gasteiger partial charge in [0.1, 0.15) is 5.75 Å². The molecular weight excluding hydrogens is 340 g/mol. The Kier molecular flexibility index (Phi) is 5.14. The minimum atomic E-state index is -0.537. The zero-order valence-corrected chi connectivity index (χ0v) is 13.6. The molecule has 1 amide bonds. The van der Waals surface area contributed by atoms with Crippen LogP contribution in [0.2, 0.25) is 0 Å². The highest BCUT2D eigenvalue weighted by molar-refractivity contribution is 9.10. The van der Waals surface area contributed by atoms with Crippen molar-refractivity contribution in [1.29, 1.82) is 0 Å². The van der Waals surface area contributed by atoms with Gasteiger partial charge in [-0.05, 0) is 38.1 Å². The number of hydrogen-bond donors (Lipinski definition) is 1. The summed E-state index contributed by atoms with van der Waals surface area (Å²) in [4.78, 5) is 17.1. The summed E-state index contributed by atoms with van der Waals surface area (Å²) in [7, 11) is 0. The van der Waals surface area contributed by atoms with Gasteiger partial charge in [0.15, 0.2) is 6.10 Å². The highest BCUT2D eigenvalue weighted by Gasteiger charge is 2.14. The van der Waals surface area contributed by atoms with E-state index in [-0.39, 0.29) is 5.91 Å². The van der Waals surface area contributed by atoms with Crippen molar-refractivity contribution < 1.29 is 9.53 Å². The van der Waals surface area contributed by atoms with Crippen molar-refractivity contribution in [3.05, 3.63) is 44.8 Å². The molecule has 0 aliphatic heterocycles. The van der Waals surface area contributed by atoms with E-state index in [0.717, 1.165) is 14.4 Å². The van der Waals surface area contributed by atoms with Crippen LogP contribution in [0.25, 0.3) is 0 Å². The third-order valence-corrected chi connectivity index (χ3v) is 4.04. The van der Waals surface area contributed by atoms with Crippen LogP contribution in [0.15, 0.2) is 34.9 Å². The molecule has 2 rings (SSSR count). The molecule has 0 fully saturated rings. The van der Waals surface area contributed by atoms with E-state index in [0.29, 0.717) is 12.3 Å². The molecule has 0 aliphatic rings. The Bertz CT molecular complexity index is 583. The predicted molar refractivity (Wildman–Crippen MR) is 82.9 cm³/mol. The van der Waals surface area contributed by atoms with Gasteiger partial charge in [0, 0.05) is 15.5 Å². The molecule has 106 valence electrons. The summed E-state index contributed by atoms with van der Waals surface area (Å²) in [6, 6.07) is 7.39. The zero-order valence-electron chi connectivity index (χ0n) is 11.2. The number of nitrogens with one attached hydrogen (secondary N) is 1. The Labute approximate surface area is 130 Å². The number of rotatable bonds is 5. The summed E-state index contributed by atoms with van der Waals surface area (Å²) < 4.78 is 6.55. The number of aromatic nitrogens is 1. The molecular formula is C14H15BrN2O2S. The van der Waals surface area contributed by atoms with E-state index in [9.17, 15) is 4.79 Å². The predicted octanol–water partition coefficient (Wildman–Crippen LogP) is 3.30. The standard InChI is InChI=1S/C14H15BrN2O2S/c1-9(19-12-5-3-11(15)4-6-12)14(18)17-8-13-7-16-10(2)20-13/h3-7,9H,8H2,1-2H3,(H,17,18). The van der Waals surface area contributed by atoms with Crippen molar-refractivity contribution in [3.63, 3.8) is 0 Å². The number of thiazole rings is 1. The van der Waals surface area contributed by atoms with Crippen molar-refractivity contribution in [2.75, 3.05) is 0 Å². The van der Waals surface area contributed by atoms with E-state index in [1.165, 1.54) is 0 Å². The highest BCUT2D eigenvalue weighted by Crippen LogP contribution is 2.17. The van der Waals surface area contributed by atoms with Crippen LogP contribution >= 0.6 is 27.3 Å². The maximum absolute atomic E-state index is 11.9. The van der Waals surface area contributed by atoms with Gasteiger partial charge in [-0.15, -0.1) is 11.3 Å². The number of nitrogens with zero attached hydrogens (tertiary/aromatic N) is 1. The number of halogens is 1. The minimum absolute atomic E-state index is 0.140. The summed E-state index contributed by atoms with van der Waals surface area (Å²) in [6.45, 7) is 4.16. The van der Waals surface area contributed by atoms with E-state index in [4.69, 9.17) is 4.74 Å². The second-order valence-corrected chi connectivity index (χ2v) is 6.51. The quantitative estimate of drug-likeness (QED) is 0.895. The third-order valence-electron chi connectivity index (χ3n) is 2.60.